The Morgan fingerprint density at radius 1 is 1.17 bits per heavy atom. The van der Waals surface area contributed by atoms with E-state index in [2.05, 4.69) is 53.0 Å². The molecule has 2 aromatic rings. The fraction of sp³-hybridized carbons (Fsp3) is 0.300. The van der Waals surface area contributed by atoms with Gasteiger partial charge in [0.05, 0.1) is 23.7 Å². The van der Waals surface area contributed by atoms with Crippen LogP contribution >= 0.6 is 0 Å². The second-order valence-electron chi connectivity index (χ2n) is 5.69. The predicted molar refractivity (Wildman–Crippen MR) is 95.9 cm³/mol. The number of aliphatic hydroxyl groups excluding tert-OH is 1. The standard InChI is InChI=1S/C20H24N2O/c1-3-7-19-14-22-20(15-21-19)18-12-10-17(11-13-18)9-6-4-5-8-16(2)23/h3,6,9-16,23H,1,4-5,7-8H2,2H3/b9-6+. The van der Waals surface area contributed by atoms with Gasteiger partial charge < -0.3 is 5.11 Å². The number of hydrogen-bond acceptors (Lipinski definition) is 3. The topological polar surface area (TPSA) is 46.0 Å². The average Bonchev–Trinajstić information content (AvgIpc) is 2.56. The third kappa shape index (κ3) is 5.80. The summed E-state index contributed by atoms with van der Waals surface area (Å²) in [6, 6.07) is 8.29. The maximum absolute atomic E-state index is 9.21. The molecule has 0 saturated carbocycles. The SMILES string of the molecule is C=CCc1cnc(-c2ccc(/C=C/CCCC(C)O)cc2)cn1. The Morgan fingerprint density at radius 2 is 1.96 bits per heavy atom. The van der Waals surface area contributed by atoms with Gasteiger partial charge in [-0.2, -0.15) is 0 Å². The highest BCUT2D eigenvalue weighted by Crippen LogP contribution is 2.17. The lowest BCUT2D eigenvalue weighted by Crippen LogP contribution is -1.97. The zero-order chi connectivity index (χ0) is 16.5. The van der Waals surface area contributed by atoms with E-state index >= 15 is 0 Å². The summed E-state index contributed by atoms with van der Waals surface area (Å²) < 4.78 is 0. The highest BCUT2D eigenvalue weighted by Gasteiger charge is 2.00. The number of nitrogens with zero attached hydrogens (tertiary/aromatic N) is 2. The lowest BCUT2D eigenvalue weighted by atomic mass is 10.1. The molecule has 0 bridgehead atoms. The Morgan fingerprint density at radius 3 is 2.57 bits per heavy atom. The van der Waals surface area contributed by atoms with Crippen molar-refractivity contribution in [1.82, 2.24) is 9.97 Å². The zero-order valence-corrected chi connectivity index (χ0v) is 13.7. The number of benzene rings is 1. The van der Waals surface area contributed by atoms with E-state index in [0.29, 0.717) is 0 Å². The van der Waals surface area contributed by atoms with Crippen LogP contribution in [-0.2, 0) is 6.42 Å². The molecule has 3 nitrogen and oxygen atoms in total. The molecule has 23 heavy (non-hydrogen) atoms. The Hall–Kier alpha value is -2.26. The van der Waals surface area contributed by atoms with Gasteiger partial charge in [-0.3, -0.25) is 9.97 Å². The normalized spacial score (nSPS) is 12.4. The van der Waals surface area contributed by atoms with E-state index in [1.807, 2.05) is 13.0 Å². The van der Waals surface area contributed by atoms with E-state index in [0.717, 1.165) is 42.6 Å². The third-order valence-corrected chi connectivity index (χ3v) is 3.57. The van der Waals surface area contributed by atoms with E-state index < -0.39 is 0 Å². The third-order valence-electron chi connectivity index (χ3n) is 3.57. The molecule has 0 aliphatic rings. The zero-order valence-electron chi connectivity index (χ0n) is 13.7. The van der Waals surface area contributed by atoms with Crippen molar-refractivity contribution in [2.45, 2.75) is 38.7 Å². The minimum absolute atomic E-state index is 0.207. The molecular formula is C20H24N2O. The number of aromatic nitrogens is 2. The van der Waals surface area contributed by atoms with Crippen LogP contribution in [-0.4, -0.2) is 21.2 Å². The maximum atomic E-state index is 9.21. The van der Waals surface area contributed by atoms with Gasteiger partial charge in [0.2, 0.25) is 0 Å². The van der Waals surface area contributed by atoms with E-state index in [-0.39, 0.29) is 6.10 Å². The van der Waals surface area contributed by atoms with Gasteiger partial charge in [0.15, 0.2) is 0 Å². The largest absolute Gasteiger partial charge is 0.393 e. The second-order valence-corrected chi connectivity index (χ2v) is 5.69. The van der Waals surface area contributed by atoms with Gasteiger partial charge in [-0.15, -0.1) is 6.58 Å². The average molecular weight is 308 g/mol. The molecule has 1 N–H and O–H groups in total. The van der Waals surface area contributed by atoms with Crippen LogP contribution in [0.5, 0.6) is 0 Å². The molecule has 0 fully saturated rings. The van der Waals surface area contributed by atoms with Crippen LogP contribution in [0.3, 0.4) is 0 Å². The molecule has 1 atom stereocenters. The van der Waals surface area contributed by atoms with Crippen molar-refractivity contribution in [2.24, 2.45) is 0 Å². The first-order valence-corrected chi connectivity index (χ1v) is 8.06. The summed E-state index contributed by atoms with van der Waals surface area (Å²) in [6.07, 6.45) is 13.1. The Labute approximate surface area is 138 Å². The number of hydrogen-bond donors (Lipinski definition) is 1. The van der Waals surface area contributed by atoms with Crippen LogP contribution in [0.4, 0.5) is 0 Å². The predicted octanol–water partition coefficient (Wildman–Crippen LogP) is 4.44. The van der Waals surface area contributed by atoms with Crippen molar-refractivity contribution in [3.05, 3.63) is 66.6 Å². The number of allylic oxidation sites excluding steroid dienone is 2. The van der Waals surface area contributed by atoms with Crippen molar-refractivity contribution in [3.63, 3.8) is 0 Å². The molecule has 1 unspecified atom stereocenters. The molecule has 3 heteroatoms. The van der Waals surface area contributed by atoms with Gasteiger partial charge in [0, 0.05) is 18.2 Å². The molecule has 0 saturated heterocycles. The van der Waals surface area contributed by atoms with Gasteiger partial charge in [-0.1, -0.05) is 42.5 Å². The number of rotatable bonds is 8. The van der Waals surface area contributed by atoms with E-state index in [1.54, 1.807) is 12.4 Å². The molecule has 0 spiro atoms. The van der Waals surface area contributed by atoms with Crippen molar-refractivity contribution >= 4 is 6.08 Å². The first kappa shape index (κ1) is 17.1. The van der Waals surface area contributed by atoms with Crippen LogP contribution in [0.25, 0.3) is 17.3 Å². The molecule has 1 aromatic heterocycles. The molecule has 0 aliphatic carbocycles. The minimum Gasteiger partial charge on any atom is -0.393 e. The molecule has 0 radical (unpaired) electrons. The van der Waals surface area contributed by atoms with Crippen molar-refractivity contribution in [2.75, 3.05) is 0 Å². The number of unbranched alkanes of at least 4 members (excludes halogenated alkanes) is 1. The molecular weight excluding hydrogens is 284 g/mol. The fourth-order valence-corrected chi connectivity index (χ4v) is 2.27. The Bertz CT molecular complexity index is 628. The van der Waals surface area contributed by atoms with Crippen LogP contribution < -0.4 is 0 Å². The Balaban J connectivity index is 1.93. The molecule has 1 aromatic carbocycles. The summed E-state index contributed by atoms with van der Waals surface area (Å²) in [4.78, 5) is 8.83. The van der Waals surface area contributed by atoms with Crippen LogP contribution in [0, 0.1) is 0 Å². The highest BCUT2D eigenvalue weighted by molar-refractivity contribution is 5.61. The smallest absolute Gasteiger partial charge is 0.0885 e. The first-order valence-electron chi connectivity index (χ1n) is 8.06. The Kier molecular flexibility index (Phi) is 6.70. The van der Waals surface area contributed by atoms with E-state index in [4.69, 9.17) is 0 Å². The van der Waals surface area contributed by atoms with Crippen molar-refractivity contribution in [3.8, 4) is 11.3 Å². The van der Waals surface area contributed by atoms with Crippen molar-refractivity contribution < 1.29 is 5.11 Å². The fourth-order valence-electron chi connectivity index (χ4n) is 2.27. The summed E-state index contributed by atoms with van der Waals surface area (Å²) in [6.45, 7) is 5.53. The molecule has 1 heterocycles. The van der Waals surface area contributed by atoms with Crippen molar-refractivity contribution in [1.29, 1.82) is 0 Å². The molecule has 0 amide bonds. The van der Waals surface area contributed by atoms with Gasteiger partial charge in [-0.05, 0) is 31.7 Å². The summed E-state index contributed by atoms with van der Waals surface area (Å²) in [5.74, 6) is 0. The van der Waals surface area contributed by atoms with Gasteiger partial charge in [0.1, 0.15) is 0 Å². The summed E-state index contributed by atoms with van der Waals surface area (Å²) in [5, 5.41) is 9.21. The van der Waals surface area contributed by atoms with Gasteiger partial charge >= 0.3 is 0 Å². The van der Waals surface area contributed by atoms with Gasteiger partial charge in [0.25, 0.3) is 0 Å². The monoisotopic (exact) mass is 308 g/mol. The van der Waals surface area contributed by atoms with E-state index in [9.17, 15) is 5.11 Å². The van der Waals surface area contributed by atoms with Crippen LogP contribution in [0.1, 0.15) is 37.4 Å². The van der Waals surface area contributed by atoms with Gasteiger partial charge in [-0.25, -0.2) is 0 Å². The highest BCUT2D eigenvalue weighted by atomic mass is 16.3. The molecule has 0 aliphatic heterocycles. The molecule has 120 valence electrons. The van der Waals surface area contributed by atoms with E-state index in [1.165, 1.54) is 5.56 Å². The first-order chi connectivity index (χ1) is 11.2. The molecule has 2 rings (SSSR count). The van der Waals surface area contributed by atoms with Crippen LogP contribution in [0.15, 0.2) is 55.4 Å². The lowest BCUT2D eigenvalue weighted by Gasteiger charge is -2.03. The lowest BCUT2D eigenvalue weighted by molar-refractivity contribution is 0.182. The number of aliphatic hydroxyl groups is 1. The summed E-state index contributed by atoms with van der Waals surface area (Å²) >= 11 is 0. The second kappa shape index (κ2) is 9.01. The maximum Gasteiger partial charge on any atom is 0.0885 e. The van der Waals surface area contributed by atoms with Crippen LogP contribution in [0.2, 0.25) is 0 Å². The summed E-state index contributed by atoms with van der Waals surface area (Å²) in [7, 11) is 0. The quantitative estimate of drug-likeness (QED) is 0.579. The summed E-state index contributed by atoms with van der Waals surface area (Å²) in [5.41, 5.74) is 4.04. The minimum atomic E-state index is -0.207.